The number of carbonyl (C=O) groups is 3. The molecule has 2 aromatic rings. The molecule has 2 aliphatic rings. The monoisotopic (exact) mass is 396 g/mol. The topological polar surface area (TPSA) is 66.5 Å². The second-order valence-electron chi connectivity index (χ2n) is 7.39. The number of hydrogen-bond donors (Lipinski definition) is 1. The lowest BCUT2D eigenvalue weighted by molar-refractivity contribution is -0.122. The third kappa shape index (κ3) is 3.10. The summed E-state index contributed by atoms with van der Waals surface area (Å²) in [6.07, 6.45) is 3.40. The molecule has 0 bridgehead atoms. The van der Waals surface area contributed by atoms with Gasteiger partial charge in [-0.3, -0.25) is 14.4 Å². The van der Waals surface area contributed by atoms with Crippen LogP contribution in [0.15, 0.2) is 42.5 Å². The van der Waals surface area contributed by atoms with E-state index in [1.165, 1.54) is 4.90 Å². The average molecular weight is 397 g/mol. The number of nitrogens with one attached hydrogen (secondary N) is 1. The third-order valence-corrected chi connectivity index (χ3v) is 6.16. The van der Waals surface area contributed by atoms with Crippen LogP contribution in [0, 0.1) is 18.8 Å². The van der Waals surface area contributed by atoms with Crippen LogP contribution in [0.3, 0.4) is 0 Å². The van der Waals surface area contributed by atoms with Crippen molar-refractivity contribution in [3.63, 3.8) is 0 Å². The standard InChI is InChI=1S/C22H21ClN2O3/c1-13-17(23)10-6-11-18(13)24-20(26)16-9-4-5-12-19(16)25-21(27)14-7-2-3-8-15(14)22(25)28/h4-6,9-12,14-15H,2-3,7-8H2,1H3,(H,24,26)/t14-,15-/m1/s1. The number of imide groups is 1. The Hall–Kier alpha value is -2.66. The first kappa shape index (κ1) is 18.7. The summed E-state index contributed by atoms with van der Waals surface area (Å²) in [7, 11) is 0. The quantitative estimate of drug-likeness (QED) is 0.772. The molecule has 3 amide bonds. The van der Waals surface area contributed by atoms with Crippen LogP contribution in [0.4, 0.5) is 11.4 Å². The van der Waals surface area contributed by atoms with Crippen LogP contribution in [-0.4, -0.2) is 17.7 Å². The molecule has 1 saturated heterocycles. The van der Waals surface area contributed by atoms with Crippen molar-refractivity contribution in [2.75, 3.05) is 10.2 Å². The lowest BCUT2D eigenvalue weighted by Gasteiger charge is -2.19. The van der Waals surface area contributed by atoms with Crippen molar-refractivity contribution in [1.29, 1.82) is 0 Å². The van der Waals surface area contributed by atoms with E-state index in [4.69, 9.17) is 11.6 Å². The van der Waals surface area contributed by atoms with E-state index in [1.807, 2.05) is 6.92 Å². The van der Waals surface area contributed by atoms with Crippen molar-refractivity contribution >= 4 is 40.7 Å². The Morgan fingerprint density at radius 2 is 1.64 bits per heavy atom. The highest BCUT2D eigenvalue weighted by Crippen LogP contribution is 2.41. The number of halogens is 1. The Morgan fingerprint density at radius 3 is 2.32 bits per heavy atom. The molecule has 2 atom stereocenters. The second kappa shape index (κ2) is 7.40. The molecule has 28 heavy (non-hydrogen) atoms. The van der Waals surface area contributed by atoms with Gasteiger partial charge in [0.2, 0.25) is 11.8 Å². The second-order valence-corrected chi connectivity index (χ2v) is 7.80. The van der Waals surface area contributed by atoms with E-state index in [1.54, 1.807) is 42.5 Å². The summed E-state index contributed by atoms with van der Waals surface area (Å²) in [5.74, 6) is -1.26. The summed E-state index contributed by atoms with van der Waals surface area (Å²) >= 11 is 6.14. The molecule has 0 unspecified atom stereocenters. The normalized spacial score (nSPS) is 21.6. The Balaban J connectivity index is 1.67. The molecule has 1 heterocycles. The van der Waals surface area contributed by atoms with Gasteiger partial charge in [0.1, 0.15) is 0 Å². The molecule has 6 heteroatoms. The number of nitrogens with zero attached hydrogens (tertiary/aromatic N) is 1. The van der Waals surface area contributed by atoms with Gasteiger partial charge in [0, 0.05) is 10.7 Å². The van der Waals surface area contributed by atoms with E-state index in [2.05, 4.69) is 5.32 Å². The van der Waals surface area contributed by atoms with Gasteiger partial charge in [-0.25, -0.2) is 4.90 Å². The molecule has 0 radical (unpaired) electrons. The lowest BCUT2D eigenvalue weighted by Crippen LogP contribution is -2.33. The van der Waals surface area contributed by atoms with Gasteiger partial charge in [-0.05, 0) is 49.6 Å². The number of rotatable bonds is 3. The highest BCUT2D eigenvalue weighted by atomic mass is 35.5. The zero-order valence-corrected chi connectivity index (χ0v) is 16.3. The first-order valence-electron chi connectivity index (χ1n) is 9.52. The molecule has 2 aromatic carbocycles. The number of amides is 3. The summed E-state index contributed by atoms with van der Waals surface area (Å²) in [6, 6.07) is 12.0. The molecule has 144 valence electrons. The molecule has 5 nitrogen and oxygen atoms in total. The number of hydrogen-bond acceptors (Lipinski definition) is 3. The van der Waals surface area contributed by atoms with E-state index >= 15 is 0 Å². The van der Waals surface area contributed by atoms with Gasteiger partial charge in [0.05, 0.1) is 23.1 Å². The van der Waals surface area contributed by atoms with Gasteiger partial charge < -0.3 is 5.32 Å². The van der Waals surface area contributed by atoms with Crippen molar-refractivity contribution in [1.82, 2.24) is 0 Å². The summed E-state index contributed by atoms with van der Waals surface area (Å²) in [4.78, 5) is 40.1. The van der Waals surface area contributed by atoms with Crippen molar-refractivity contribution in [3.8, 4) is 0 Å². The Bertz CT molecular complexity index is 948. The van der Waals surface area contributed by atoms with Crippen molar-refractivity contribution in [2.45, 2.75) is 32.6 Å². The summed E-state index contributed by atoms with van der Waals surface area (Å²) in [5.41, 5.74) is 2.00. The molecular weight excluding hydrogens is 376 g/mol. The average Bonchev–Trinajstić information content (AvgIpc) is 2.96. The maximum atomic E-state index is 13.0. The van der Waals surface area contributed by atoms with E-state index in [0.29, 0.717) is 22.0 Å². The minimum atomic E-state index is -0.378. The molecule has 1 aliphatic carbocycles. The SMILES string of the molecule is Cc1c(Cl)cccc1NC(=O)c1ccccc1N1C(=O)[C@@H]2CCCC[C@H]2C1=O. The van der Waals surface area contributed by atoms with Gasteiger partial charge in [-0.15, -0.1) is 0 Å². The van der Waals surface area contributed by atoms with Gasteiger partial charge in [0.25, 0.3) is 5.91 Å². The van der Waals surface area contributed by atoms with Crippen LogP contribution < -0.4 is 10.2 Å². The van der Waals surface area contributed by atoms with Crippen LogP contribution in [0.25, 0.3) is 0 Å². The van der Waals surface area contributed by atoms with Gasteiger partial charge >= 0.3 is 0 Å². The molecular formula is C22H21ClN2O3. The smallest absolute Gasteiger partial charge is 0.257 e. The fourth-order valence-electron chi connectivity index (χ4n) is 4.19. The number of carbonyl (C=O) groups excluding carboxylic acids is 3. The fourth-order valence-corrected chi connectivity index (χ4v) is 4.37. The predicted octanol–water partition coefficient (Wildman–Crippen LogP) is 4.58. The highest BCUT2D eigenvalue weighted by molar-refractivity contribution is 6.32. The summed E-state index contributed by atoms with van der Waals surface area (Å²) < 4.78 is 0. The number of fused-ring (bicyclic) bond motifs is 1. The fraction of sp³-hybridized carbons (Fsp3) is 0.318. The van der Waals surface area contributed by atoms with Crippen LogP contribution in [0.2, 0.25) is 5.02 Å². The number of benzene rings is 2. The third-order valence-electron chi connectivity index (χ3n) is 5.75. The molecule has 4 rings (SSSR count). The molecule has 0 spiro atoms. The van der Waals surface area contributed by atoms with Crippen LogP contribution >= 0.6 is 11.6 Å². The zero-order valence-electron chi connectivity index (χ0n) is 15.6. The predicted molar refractivity (Wildman–Crippen MR) is 109 cm³/mol. The Labute approximate surface area is 168 Å². The molecule has 1 N–H and O–H groups in total. The summed E-state index contributed by atoms with van der Waals surface area (Å²) in [6.45, 7) is 1.82. The highest BCUT2D eigenvalue weighted by Gasteiger charge is 2.49. The van der Waals surface area contributed by atoms with Gasteiger partial charge in [-0.1, -0.05) is 42.6 Å². The van der Waals surface area contributed by atoms with Crippen molar-refractivity contribution < 1.29 is 14.4 Å². The van der Waals surface area contributed by atoms with E-state index in [9.17, 15) is 14.4 Å². The minimum absolute atomic E-state index is 0.186. The van der Waals surface area contributed by atoms with Gasteiger partial charge in [-0.2, -0.15) is 0 Å². The lowest BCUT2D eigenvalue weighted by atomic mass is 9.81. The number of anilines is 2. The number of para-hydroxylation sites is 1. The minimum Gasteiger partial charge on any atom is -0.322 e. The molecule has 1 aliphatic heterocycles. The molecule has 1 saturated carbocycles. The van der Waals surface area contributed by atoms with Crippen molar-refractivity contribution in [2.24, 2.45) is 11.8 Å². The van der Waals surface area contributed by atoms with Crippen molar-refractivity contribution in [3.05, 3.63) is 58.6 Å². The van der Waals surface area contributed by atoms with Crippen LogP contribution in [0.1, 0.15) is 41.6 Å². The van der Waals surface area contributed by atoms with Crippen LogP contribution in [-0.2, 0) is 9.59 Å². The zero-order chi connectivity index (χ0) is 19.8. The van der Waals surface area contributed by atoms with E-state index in [-0.39, 0.29) is 29.6 Å². The van der Waals surface area contributed by atoms with E-state index in [0.717, 1.165) is 31.2 Å². The maximum absolute atomic E-state index is 13.0. The first-order chi connectivity index (χ1) is 13.5. The van der Waals surface area contributed by atoms with Crippen LogP contribution in [0.5, 0.6) is 0 Å². The Morgan fingerprint density at radius 1 is 1.00 bits per heavy atom. The molecule has 0 aromatic heterocycles. The van der Waals surface area contributed by atoms with E-state index < -0.39 is 0 Å². The largest absolute Gasteiger partial charge is 0.322 e. The van der Waals surface area contributed by atoms with Gasteiger partial charge in [0.15, 0.2) is 0 Å². The molecule has 2 fully saturated rings. The maximum Gasteiger partial charge on any atom is 0.257 e. The Kier molecular flexibility index (Phi) is 4.94. The summed E-state index contributed by atoms with van der Waals surface area (Å²) in [5, 5.41) is 3.41. The first-order valence-corrected chi connectivity index (χ1v) is 9.90.